The number of fused-ring (bicyclic) bond motifs is 2. The van der Waals surface area contributed by atoms with Crippen LogP contribution in [0.1, 0.15) is 30.5 Å². The molecule has 0 spiro atoms. The third kappa shape index (κ3) is 3.28. The first-order chi connectivity index (χ1) is 12.1. The number of hydrogen-bond donors (Lipinski definition) is 3. The van der Waals surface area contributed by atoms with Gasteiger partial charge < -0.3 is 20.4 Å². The molecule has 2 fully saturated rings. The van der Waals surface area contributed by atoms with E-state index < -0.39 is 0 Å². The minimum Gasteiger partial charge on any atom is -0.432 e. The molecule has 1 aliphatic heterocycles. The number of benzene rings is 1. The van der Waals surface area contributed by atoms with Gasteiger partial charge in [-0.05, 0) is 49.6 Å². The number of aromatic nitrogens is 1. The molecule has 25 heavy (non-hydrogen) atoms. The largest absolute Gasteiger partial charge is 0.432 e. The monoisotopic (exact) mass is 340 g/mol. The molecule has 0 radical (unpaired) electrons. The van der Waals surface area contributed by atoms with E-state index in [2.05, 4.69) is 20.9 Å². The number of piperidine rings is 1. The van der Waals surface area contributed by atoms with Crippen molar-refractivity contribution in [3.63, 3.8) is 0 Å². The highest BCUT2D eigenvalue weighted by molar-refractivity contribution is 5.90. The SMILES string of the molecule is CC(=O)Nc1ccc(-c2cnc(C(=O)NC3CC4CNC3C4)o2)cc1. The first-order valence-electron chi connectivity index (χ1n) is 8.46. The summed E-state index contributed by atoms with van der Waals surface area (Å²) in [6, 6.07) is 7.70. The van der Waals surface area contributed by atoms with E-state index in [1.54, 1.807) is 18.3 Å². The molecule has 1 saturated carbocycles. The van der Waals surface area contributed by atoms with Crippen molar-refractivity contribution in [3.05, 3.63) is 36.4 Å². The van der Waals surface area contributed by atoms with Crippen molar-refractivity contribution in [2.45, 2.75) is 31.8 Å². The number of rotatable bonds is 4. The van der Waals surface area contributed by atoms with E-state index >= 15 is 0 Å². The molecule has 2 heterocycles. The Bertz CT molecular complexity index is 799. The van der Waals surface area contributed by atoms with Crippen molar-refractivity contribution >= 4 is 17.5 Å². The fraction of sp³-hybridized carbons (Fsp3) is 0.389. The van der Waals surface area contributed by atoms with Crippen molar-refractivity contribution in [3.8, 4) is 11.3 Å². The highest BCUT2D eigenvalue weighted by Gasteiger charge is 2.40. The summed E-state index contributed by atoms with van der Waals surface area (Å²) in [6.45, 7) is 2.51. The van der Waals surface area contributed by atoms with E-state index in [-0.39, 0.29) is 23.7 Å². The first kappa shape index (κ1) is 15.8. The predicted octanol–water partition coefficient (Wildman–Crippen LogP) is 1.78. The van der Waals surface area contributed by atoms with Crippen LogP contribution in [0, 0.1) is 5.92 Å². The molecule has 2 amide bonds. The van der Waals surface area contributed by atoms with Crippen LogP contribution in [0.4, 0.5) is 5.69 Å². The van der Waals surface area contributed by atoms with Crippen molar-refractivity contribution in [2.24, 2.45) is 5.92 Å². The van der Waals surface area contributed by atoms with E-state index in [1.807, 2.05) is 12.1 Å². The number of carbonyl (C=O) groups is 2. The van der Waals surface area contributed by atoms with E-state index in [0.29, 0.717) is 23.4 Å². The van der Waals surface area contributed by atoms with Crippen LogP contribution in [-0.4, -0.2) is 35.4 Å². The molecular formula is C18H20N4O3. The van der Waals surface area contributed by atoms with Crippen LogP contribution in [0.2, 0.25) is 0 Å². The molecule has 2 aliphatic rings. The lowest BCUT2D eigenvalue weighted by molar-refractivity contribution is -0.114. The van der Waals surface area contributed by atoms with Gasteiger partial charge in [-0.15, -0.1) is 0 Å². The molecule has 3 atom stereocenters. The molecule has 2 aromatic rings. The van der Waals surface area contributed by atoms with Crippen LogP contribution in [0.5, 0.6) is 0 Å². The fourth-order valence-corrected chi connectivity index (χ4v) is 3.68. The van der Waals surface area contributed by atoms with E-state index in [4.69, 9.17) is 4.42 Å². The zero-order chi connectivity index (χ0) is 17.4. The van der Waals surface area contributed by atoms with Crippen molar-refractivity contribution in [1.29, 1.82) is 0 Å². The maximum atomic E-state index is 12.4. The Morgan fingerprint density at radius 1 is 1.24 bits per heavy atom. The van der Waals surface area contributed by atoms with Gasteiger partial charge in [-0.1, -0.05) is 0 Å². The molecule has 1 aromatic heterocycles. The van der Waals surface area contributed by atoms with Gasteiger partial charge in [0.25, 0.3) is 5.89 Å². The van der Waals surface area contributed by atoms with Gasteiger partial charge in [0, 0.05) is 30.3 Å². The lowest BCUT2D eigenvalue weighted by atomic mass is 10.1. The highest BCUT2D eigenvalue weighted by atomic mass is 16.4. The van der Waals surface area contributed by atoms with Gasteiger partial charge in [0.05, 0.1) is 6.20 Å². The molecule has 7 nitrogen and oxygen atoms in total. The van der Waals surface area contributed by atoms with Gasteiger partial charge in [0.1, 0.15) is 0 Å². The second kappa shape index (κ2) is 6.33. The maximum absolute atomic E-state index is 12.4. The standard InChI is InChI=1S/C18H20N4O3/c1-10(23)21-13-4-2-12(3-5-13)16-9-20-18(25-16)17(24)22-15-7-11-6-14(15)19-8-11/h2-5,9,11,14-15,19H,6-8H2,1H3,(H,21,23)(H,22,24). The Balaban J connectivity index is 1.42. The van der Waals surface area contributed by atoms with Crippen molar-refractivity contribution in [2.75, 3.05) is 11.9 Å². The summed E-state index contributed by atoms with van der Waals surface area (Å²) in [5.74, 6) is 0.855. The quantitative estimate of drug-likeness (QED) is 0.788. The van der Waals surface area contributed by atoms with Gasteiger partial charge in [-0.3, -0.25) is 9.59 Å². The molecule has 3 N–H and O–H groups in total. The third-order valence-electron chi connectivity index (χ3n) is 4.84. The number of nitrogens with zero attached hydrogens (tertiary/aromatic N) is 1. The summed E-state index contributed by atoms with van der Waals surface area (Å²) < 4.78 is 5.61. The Hall–Kier alpha value is -2.67. The maximum Gasteiger partial charge on any atom is 0.307 e. The normalized spacial score (nSPS) is 24.3. The van der Waals surface area contributed by atoms with Crippen LogP contribution < -0.4 is 16.0 Å². The number of amides is 2. The summed E-state index contributed by atoms with van der Waals surface area (Å²) >= 11 is 0. The Kier molecular flexibility index (Phi) is 4.01. The highest BCUT2D eigenvalue weighted by Crippen LogP contribution is 2.31. The minimum absolute atomic E-state index is 0.0729. The Labute approximate surface area is 145 Å². The van der Waals surface area contributed by atoms with Crippen LogP contribution >= 0.6 is 0 Å². The van der Waals surface area contributed by atoms with Gasteiger partial charge >= 0.3 is 5.91 Å². The van der Waals surface area contributed by atoms with Crippen LogP contribution in [-0.2, 0) is 4.79 Å². The average Bonchev–Trinajstić information content (AvgIpc) is 3.31. The molecule has 3 unspecified atom stereocenters. The molecule has 130 valence electrons. The third-order valence-corrected chi connectivity index (χ3v) is 4.84. The zero-order valence-electron chi connectivity index (χ0n) is 13.9. The molecule has 7 heteroatoms. The smallest absolute Gasteiger partial charge is 0.307 e. The van der Waals surface area contributed by atoms with Gasteiger partial charge in [0.15, 0.2) is 5.76 Å². The van der Waals surface area contributed by atoms with E-state index in [1.165, 1.54) is 6.92 Å². The zero-order valence-corrected chi connectivity index (χ0v) is 13.9. The summed E-state index contributed by atoms with van der Waals surface area (Å²) in [5, 5.41) is 9.14. The average molecular weight is 340 g/mol. The van der Waals surface area contributed by atoms with Gasteiger partial charge in [-0.2, -0.15) is 0 Å². The number of anilines is 1. The Morgan fingerprint density at radius 3 is 2.68 bits per heavy atom. The van der Waals surface area contributed by atoms with E-state index in [0.717, 1.165) is 24.9 Å². The van der Waals surface area contributed by atoms with Crippen molar-refractivity contribution < 1.29 is 14.0 Å². The molecular weight excluding hydrogens is 320 g/mol. The minimum atomic E-state index is -0.277. The Morgan fingerprint density at radius 2 is 2.04 bits per heavy atom. The molecule has 1 aromatic carbocycles. The summed E-state index contributed by atoms with van der Waals surface area (Å²) in [4.78, 5) is 27.5. The fourth-order valence-electron chi connectivity index (χ4n) is 3.68. The van der Waals surface area contributed by atoms with Gasteiger partial charge in [-0.25, -0.2) is 4.98 Å². The van der Waals surface area contributed by atoms with Crippen molar-refractivity contribution in [1.82, 2.24) is 15.6 Å². The summed E-state index contributed by atoms with van der Waals surface area (Å²) in [7, 11) is 0. The molecule has 2 bridgehead atoms. The summed E-state index contributed by atoms with van der Waals surface area (Å²) in [6.07, 6.45) is 3.69. The second-order valence-electron chi connectivity index (χ2n) is 6.72. The number of hydrogen-bond acceptors (Lipinski definition) is 5. The molecule has 4 rings (SSSR count). The lowest BCUT2D eigenvalue weighted by Crippen LogP contribution is -2.48. The molecule has 1 saturated heterocycles. The second-order valence-corrected chi connectivity index (χ2v) is 6.72. The summed E-state index contributed by atoms with van der Waals surface area (Å²) in [5.41, 5.74) is 1.50. The van der Waals surface area contributed by atoms with Crippen LogP contribution in [0.15, 0.2) is 34.9 Å². The molecule has 1 aliphatic carbocycles. The van der Waals surface area contributed by atoms with Crippen LogP contribution in [0.3, 0.4) is 0 Å². The topological polar surface area (TPSA) is 96.3 Å². The lowest BCUT2D eigenvalue weighted by Gasteiger charge is -2.23. The number of oxazole rings is 1. The van der Waals surface area contributed by atoms with E-state index in [9.17, 15) is 9.59 Å². The predicted molar refractivity (Wildman–Crippen MR) is 92.0 cm³/mol. The van der Waals surface area contributed by atoms with Gasteiger partial charge in [0.2, 0.25) is 5.91 Å². The first-order valence-corrected chi connectivity index (χ1v) is 8.46. The number of nitrogens with one attached hydrogen (secondary N) is 3. The number of carbonyl (C=O) groups excluding carboxylic acids is 2. The van der Waals surface area contributed by atoms with Crippen LogP contribution in [0.25, 0.3) is 11.3 Å².